The van der Waals surface area contributed by atoms with Crippen LogP contribution in [0.5, 0.6) is 0 Å². The smallest absolute Gasteiger partial charge is 0.191 e. The molecule has 3 atom stereocenters. The number of ketones is 2. The number of carbonyl (C=O) groups excluding carboxylic acids is 2. The van der Waals surface area contributed by atoms with Gasteiger partial charge >= 0.3 is 0 Å². The Bertz CT molecular complexity index is 611. The molecule has 146 valence electrons. The van der Waals surface area contributed by atoms with E-state index in [1.807, 2.05) is 0 Å². The van der Waals surface area contributed by atoms with Crippen molar-refractivity contribution in [1.29, 1.82) is 0 Å². The van der Waals surface area contributed by atoms with Gasteiger partial charge in [0.25, 0.3) is 0 Å². The highest BCUT2D eigenvalue weighted by molar-refractivity contribution is 6.74. The molecule has 0 aromatic heterocycles. The van der Waals surface area contributed by atoms with Crippen LogP contribution < -0.4 is 0 Å². The molecule has 0 radical (unpaired) electrons. The molecule has 0 heterocycles. The maximum Gasteiger partial charge on any atom is 0.191 e. The van der Waals surface area contributed by atoms with Gasteiger partial charge in [0.2, 0.25) is 0 Å². The number of hydrogen-bond donors (Lipinski definition) is 0. The molecule has 26 heavy (non-hydrogen) atoms. The maximum absolute atomic E-state index is 13.1. The third-order valence-corrected chi connectivity index (χ3v) is 12.0. The summed E-state index contributed by atoms with van der Waals surface area (Å²) in [7, 11) is -1.79. The Labute approximate surface area is 160 Å². The van der Waals surface area contributed by atoms with Gasteiger partial charge in [0.15, 0.2) is 14.1 Å². The van der Waals surface area contributed by atoms with E-state index < -0.39 is 8.32 Å². The molecule has 3 aliphatic rings. The van der Waals surface area contributed by atoms with Crippen molar-refractivity contribution in [2.24, 2.45) is 17.8 Å². The van der Waals surface area contributed by atoms with Crippen LogP contribution in [0.1, 0.15) is 72.1 Å². The van der Waals surface area contributed by atoms with Gasteiger partial charge in [-0.25, -0.2) is 0 Å². The Balaban J connectivity index is 1.81. The lowest BCUT2D eigenvalue weighted by atomic mass is 9.62. The second kappa shape index (κ2) is 7.35. The fraction of sp³-hybridized carbons (Fsp3) is 0.818. The molecule has 2 saturated carbocycles. The van der Waals surface area contributed by atoms with E-state index in [0.717, 1.165) is 37.7 Å². The molecule has 3 unspecified atom stereocenters. The van der Waals surface area contributed by atoms with E-state index in [1.54, 1.807) is 0 Å². The average molecular weight is 377 g/mol. The first-order valence-electron chi connectivity index (χ1n) is 10.6. The van der Waals surface area contributed by atoms with Crippen molar-refractivity contribution in [2.75, 3.05) is 6.61 Å². The molecule has 0 aromatic carbocycles. The Kier molecular flexibility index (Phi) is 5.65. The zero-order valence-corrected chi connectivity index (χ0v) is 18.3. The van der Waals surface area contributed by atoms with Crippen LogP contribution in [0.2, 0.25) is 18.1 Å². The monoisotopic (exact) mass is 376 g/mol. The molecule has 0 spiro atoms. The minimum atomic E-state index is -1.79. The molecule has 3 aliphatic carbocycles. The van der Waals surface area contributed by atoms with Gasteiger partial charge in [-0.1, -0.05) is 32.8 Å². The van der Waals surface area contributed by atoms with E-state index >= 15 is 0 Å². The standard InChI is InChI=1S/C22H36O3Si/c1-22(2,3)26(4,5)25-14-13-17-15-9-6-7-10-16(15)18-11-8-12-19(23)20(17)21(18)24/h15,17,20H,6-14H2,1-5H3. The van der Waals surface area contributed by atoms with Gasteiger partial charge in [-0.3, -0.25) is 9.59 Å². The summed E-state index contributed by atoms with van der Waals surface area (Å²) in [6.07, 6.45) is 7.80. The van der Waals surface area contributed by atoms with Gasteiger partial charge in [0, 0.05) is 13.0 Å². The first kappa shape index (κ1) is 20.0. The predicted molar refractivity (Wildman–Crippen MR) is 108 cm³/mol. The number of carbonyl (C=O) groups is 2. The van der Waals surface area contributed by atoms with Crippen molar-refractivity contribution in [3.8, 4) is 0 Å². The van der Waals surface area contributed by atoms with Gasteiger partial charge in [0.05, 0.1) is 5.92 Å². The largest absolute Gasteiger partial charge is 0.417 e. The summed E-state index contributed by atoms with van der Waals surface area (Å²) in [4.78, 5) is 25.9. The van der Waals surface area contributed by atoms with E-state index in [0.29, 0.717) is 18.9 Å². The van der Waals surface area contributed by atoms with Crippen LogP contribution in [0.15, 0.2) is 11.1 Å². The molecule has 0 amide bonds. The molecule has 3 rings (SSSR count). The molecule has 2 bridgehead atoms. The average Bonchev–Trinajstić information content (AvgIpc) is 2.65. The van der Waals surface area contributed by atoms with E-state index in [2.05, 4.69) is 33.9 Å². The predicted octanol–water partition coefficient (Wildman–Crippen LogP) is 5.45. The normalized spacial score (nSPS) is 30.3. The Morgan fingerprint density at radius 2 is 1.77 bits per heavy atom. The van der Waals surface area contributed by atoms with E-state index in [1.165, 1.54) is 18.4 Å². The highest BCUT2D eigenvalue weighted by Crippen LogP contribution is 2.49. The van der Waals surface area contributed by atoms with Crippen molar-refractivity contribution in [2.45, 2.75) is 90.3 Å². The van der Waals surface area contributed by atoms with Crippen LogP contribution in [0, 0.1) is 17.8 Å². The summed E-state index contributed by atoms with van der Waals surface area (Å²) >= 11 is 0. The molecule has 4 heteroatoms. The van der Waals surface area contributed by atoms with Crippen molar-refractivity contribution in [3.63, 3.8) is 0 Å². The fourth-order valence-corrected chi connectivity index (χ4v) is 6.02. The van der Waals surface area contributed by atoms with Gasteiger partial charge < -0.3 is 4.43 Å². The Hall–Kier alpha value is -0.743. The second-order valence-electron chi connectivity index (χ2n) is 10.1. The molecule has 2 fully saturated rings. The van der Waals surface area contributed by atoms with Crippen molar-refractivity contribution < 1.29 is 14.0 Å². The van der Waals surface area contributed by atoms with Crippen molar-refractivity contribution >= 4 is 19.9 Å². The van der Waals surface area contributed by atoms with E-state index in [4.69, 9.17) is 4.43 Å². The van der Waals surface area contributed by atoms with Crippen LogP contribution in [0.25, 0.3) is 0 Å². The topological polar surface area (TPSA) is 43.4 Å². The summed E-state index contributed by atoms with van der Waals surface area (Å²) in [6, 6.07) is 0. The third-order valence-electron chi connectivity index (χ3n) is 7.49. The Morgan fingerprint density at radius 1 is 1.04 bits per heavy atom. The lowest BCUT2D eigenvalue weighted by Gasteiger charge is -2.42. The molecule has 0 aliphatic heterocycles. The maximum atomic E-state index is 13.1. The van der Waals surface area contributed by atoms with Gasteiger partial charge in [-0.15, -0.1) is 0 Å². The van der Waals surface area contributed by atoms with Gasteiger partial charge in [-0.2, -0.15) is 0 Å². The quantitative estimate of drug-likeness (QED) is 0.484. The molecule has 0 saturated heterocycles. The lowest BCUT2D eigenvalue weighted by molar-refractivity contribution is -0.134. The van der Waals surface area contributed by atoms with Crippen LogP contribution in [-0.2, 0) is 14.0 Å². The molecular formula is C22H36O3Si. The number of rotatable bonds is 4. The van der Waals surface area contributed by atoms with Gasteiger partial charge in [0.1, 0.15) is 5.78 Å². The van der Waals surface area contributed by atoms with Gasteiger partial charge in [-0.05, 0) is 74.1 Å². The summed E-state index contributed by atoms with van der Waals surface area (Å²) in [5.74, 6) is 0.635. The Morgan fingerprint density at radius 3 is 2.46 bits per heavy atom. The van der Waals surface area contributed by atoms with Crippen molar-refractivity contribution in [1.82, 2.24) is 0 Å². The summed E-state index contributed by atoms with van der Waals surface area (Å²) in [5, 5.41) is 0.191. The fourth-order valence-electron chi connectivity index (χ4n) is 4.96. The van der Waals surface area contributed by atoms with E-state index in [-0.39, 0.29) is 28.4 Å². The zero-order valence-electron chi connectivity index (χ0n) is 17.3. The first-order chi connectivity index (χ1) is 12.1. The summed E-state index contributed by atoms with van der Waals surface area (Å²) < 4.78 is 6.42. The molecular weight excluding hydrogens is 340 g/mol. The van der Waals surface area contributed by atoms with E-state index in [9.17, 15) is 9.59 Å². The second-order valence-corrected chi connectivity index (χ2v) is 14.9. The lowest BCUT2D eigenvalue weighted by Crippen LogP contribution is -2.44. The number of allylic oxidation sites excluding steroid dienone is 2. The first-order valence-corrected chi connectivity index (χ1v) is 13.5. The summed E-state index contributed by atoms with van der Waals surface area (Å²) in [6.45, 7) is 12.0. The van der Waals surface area contributed by atoms with Crippen LogP contribution in [0.3, 0.4) is 0 Å². The van der Waals surface area contributed by atoms with Crippen molar-refractivity contribution in [3.05, 3.63) is 11.1 Å². The minimum absolute atomic E-state index is 0.178. The molecule has 0 aromatic rings. The SMILES string of the molecule is CC(C)(C)[Si](C)(C)OCCC1C2CCCCC2=C2CCCC(=O)C1C2=O. The van der Waals surface area contributed by atoms with Crippen LogP contribution in [-0.4, -0.2) is 26.5 Å². The minimum Gasteiger partial charge on any atom is -0.417 e. The van der Waals surface area contributed by atoms with Crippen LogP contribution >= 0.6 is 0 Å². The third kappa shape index (κ3) is 3.64. The highest BCUT2D eigenvalue weighted by Gasteiger charge is 2.48. The number of Topliss-reactive ketones (excluding diaryl/α,β-unsaturated/α-hetero) is 2. The molecule has 0 N–H and O–H groups in total. The van der Waals surface area contributed by atoms with Crippen LogP contribution in [0.4, 0.5) is 0 Å². The number of fused-ring (bicyclic) bond motifs is 3. The molecule has 3 nitrogen and oxygen atoms in total. The summed E-state index contributed by atoms with van der Waals surface area (Å²) in [5.41, 5.74) is 2.47. The highest BCUT2D eigenvalue weighted by atomic mass is 28.4. The number of hydrogen-bond acceptors (Lipinski definition) is 3. The zero-order chi connectivity index (χ0) is 19.1.